The highest BCUT2D eigenvalue weighted by molar-refractivity contribution is 5.81. The van der Waals surface area contributed by atoms with Gasteiger partial charge in [-0.3, -0.25) is 4.90 Å². The Balaban J connectivity index is 1.64. The van der Waals surface area contributed by atoms with Crippen molar-refractivity contribution in [3.8, 4) is 0 Å². The normalized spacial score (nSPS) is 22.9. The van der Waals surface area contributed by atoms with Crippen LogP contribution in [0.2, 0.25) is 0 Å². The number of benzene rings is 1. The number of hydrogen-bond acceptors (Lipinski definition) is 4. The summed E-state index contributed by atoms with van der Waals surface area (Å²) in [4.78, 5) is 24.8. The minimum absolute atomic E-state index is 0.145. The van der Waals surface area contributed by atoms with E-state index in [1.165, 1.54) is 4.90 Å². The number of hydrogen-bond donors (Lipinski definition) is 1. The van der Waals surface area contributed by atoms with Crippen molar-refractivity contribution in [2.75, 3.05) is 19.8 Å². The van der Waals surface area contributed by atoms with Crippen LogP contribution in [0.3, 0.4) is 0 Å². The molecule has 0 saturated carbocycles. The number of rotatable bonds is 3. The quantitative estimate of drug-likeness (QED) is 0.913. The van der Waals surface area contributed by atoms with E-state index in [0.29, 0.717) is 26.2 Å². The number of ether oxygens (including phenoxy) is 2. The summed E-state index contributed by atoms with van der Waals surface area (Å²) < 4.78 is 10.4. The Kier molecular flexibility index (Phi) is 3.55. The molecule has 1 aromatic carbocycles. The van der Waals surface area contributed by atoms with E-state index in [9.17, 15) is 14.7 Å². The maximum absolute atomic E-state index is 12.2. The van der Waals surface area contributed by atoms with Crippen LogP contribution < -0.4 is 0 Å². The van der Waals surface area contributed by atoms with E-state index in [1.54, 1.807) is 0 Å². The molecule has 1 unspecified atom stereocenters. The standard InChI is InChI=1S/C15H17NO5/c17-13(18)12-6-15(9-20-10-15)8-16(12)14(19)21-7-11-4-2-1-3-5-11/h1-5,12H,6-10H2,(H,17,18). The fourth-order valence-electron chi connectivity index (χ4n) is 2.87. The maximum Gasteiger partial charge on any atom is 0.410 e. The average molecular weight is 291 g/mol. The van der Waals surface area contributed by atoms with Gasteiger partial charge in [0.15, 0.2) is 0 Å². The van der Waals surface area contributed by atoms with E-state index in [-0.39, 0.29) is 12.0 Å². The predicted molar refractivity (Wildman–Crippen MR) is 72.6 cm³/mol. The zero-order chi connectivity index (χ0) is 14.9. The van der Waals surface area contributed by atoms with Crippen molar-refractivity contribution in [3.05, 3.63) is 35.9 Å². The third kappa shape index (κ3) is 2.71. The minimum atomic E-state index is -0.990. The molecule has 6 nitrogen and oxygen atoms in total. The van der Waals surface area contributed by atoms with Crippen molar-refractivity contribution < 1.29 is 24.2 Å². The van der Waals surface area contributed by atoms with Gasteiger partial charge in [-0.2, -0.15) is 0 Å². The molecule has 1 aromatic rings. The van der Waals surface area contributed by atoms with Gasteiger partial charge in [-0.25, -0.2) is 9.59 Å². The summed E-state index contributed by atoms with van der Waals surface area (Å²) >= 11 is 0. The van der Waals surface area contributed by atoms with Gasteiger partial charge in [-0.1, -0.05) is 30.3 Å². The van der Waals surface area contributed by atoms with Crippen LogP contribution in [0, 0.1) is 5.41 Å². The fourth-order valence-corrected chi connectivity index (χ4v) is 2.87. The second kappa shape index (κ2) is 5.37. The second-order valence-corrected chi connectivity index (χ2v) is 5.72. The van der Waals surface area contributed by atoms with Gasteiger partial charge in [0.05, 0.1) is 13.2 Å². The number of likely N-dealkylation sites (tertiary alicyclic amines) is 1. The van der Waals surface area contributed by atoms with Crippen molar-refractivity contribution in [1.29, 1.82) is 0 Å². The van der Waals surface area contributed by atoms with Crippen LogP contribution in [-0.4, -0.2) is 47.9 Å². The highest BCUT2D eigenvalue weighted by Crippen LogP contribution is 2.41. The third-order valence-corrected chi connectivity index (χ3v) is 4.05. The van der Waals surface area contributed by atoms with Crippen LogP contribution in [-0.2, 0) is 20.9 Å². The zero-order valence-corrected chi connectivity index (χ0v) is 11.5. The van der Waals surface area contributed by atoms with Crippen LogP contribution in [0.25, 0.3) is 0 Å². The number of carbonyl (C=O) groups is 2. The van der Waals surface area contributed by atoms with Gasteiger partial charge in [-0.05, 0) is 12.0 Å². The van der Waals surface area contributed by atoms with E-state index < -0.39 is 18.1 Å². The molecule has 2 aliphatic rings. The summed E-state index contributed by atoms with van der Waals surface area (Å²) in [5, 5.41) is 9.28. The van der Waals surface area contributed by atoms with Crippen LogP contribution in [0.15, 0.2) is 30.3 Å². The molecule has 1 spiro atoms. The van der Waals surface area contributed by atoms with Crippen LogP contribution >= 0.6 is 0 Å². The monoisotopic (exact) mass is 291 g/mol. The lowest BCUT2D eigenvalue weighted by atomic mass is 9.84. The highest BCUT2D eigenvalue weighted by atomic mass is 16.6. The van der Waals surface area contributed by atoms with Crippen LogP contribution in [0.1, 0.15) is 12.0 Å². The van der Waals surface area contributed by atoms with Gasteiger partial charge in [0.1, 0.15) is 12.6 Å². The summed E-state index contributed by atoms with van der Waals surface area (Å²) in [6.07, 6.45) is -0.141. The fraction of sp³-hybridized carbons (Fsp3) is 0.467. The Labute approximate surface area is 122 Å². The first kappa shape index (κ1) is 13.9. The van der Waals surface area contributed by atoms with Gasteiger partial charge in [0, 0.05) is 12.0 Å². The van der Waals surface area contributed by atoms with Crippen LogP contribution in [0.5, 0.6) is 0 Å². The van der Waals surface area contributed by atoms with Crippen molar-refractivity contribution >= 4 is 12.1 Å². The topological polar surface area (TPSA) is 76.1 Å². The molecule has 1 amide bonds. The first-order valence-corrected chi connectivity index (χ1v) is 6.88. The molecule has 112 valence electrons. The molecule has 1 N–H and O–H groups in total. The molecule has 0 bridgehead atoms. The summed E-state index contributed by atoms with van der Waals surface area (Å²) in [5.41, 5.74) is 0.674. The smallest absolute Gasteiger partial charge is 0.410 e. The number of nitrogens with zero attached hydrogens (tertiary/aromatic N) is 1. The average Bonchev–Trinajstić information content (AvgIpc) is 2.87. The lowest BCUT2D eigenvalue weighted by Crippen LogP contribution is -2.45. The Morgan fingerprint density at radius 2 is 2.05 bits per heavy atom. The van der Waals surface area contributed by atoms with Crippen molar-refractivity contribution in [2.24, 2.45) is 5.41 Å². The van der Waals surface area contributed by atoms with Gasteiger partial charge in [-0.15, -0.1) is 0 Å². The lowest BCUT2D eigenvalue weighted by molar-refractivity contribution is -0.142. The summed E-state index contributed by atoms with van der Waals surface area (Å²) in [7, 11) is 0. The Bertz CT molecular complexity index is 540. The molecule has 2 aliphatic heterocycles. The number of carbonyl (C=O) groups excluding carboxylic acids is 1. The van der Waals surface area contributed by atoms with E-state index >= 15 is 0 Å². The highest BCUT2D eigenvalue weighted by Gasteiger charge is 2.53. The molecular formula is C15H17NO5. The number of carboxylic acids is 1. The molecule has 0 aliphatic carbocycles. The SMILES string of the molecule is O=C(O)C1CC2(COC2)CN1C(=O)OCc1ccccc1. The van der Waals surface area contributed by atoms with E-state index in [2.05, 4.69) is 0 Å². The molecule has 0 radical (unpaired) electrons. The number of carboxylic acid groups (broad SMARTS) is 1. The lowest BCUT2D eigenvalue weighted by Gasteiger charge is -2.37. The molecule has 0 aromatic heterocycles. The Hall–Kier alpha value is -2.08. The molecule has 2 heterocycles. The van der Waals surface area contributed by atoms with E-state index in [1.807, 2.05) is 30.3 Å². The number of amides is 1. The third-order valence-electron chi connectivity index (χ3n) is 4.05. The minimum Gasteiger partial charge on any atom is -0.480 e. The summed E-state index contributed by atoms with van der Waals surface area (Å²) in [6.45, 7) is 1.56. The first-order valence-electron chi connectivity index (χ1n) is 6.88. The molecular weight excluding hydrogens is 274 g/mol. The van der Waals surface area contributed by atoms with Crippen LogP contribution in [0.4, 0.5) is 4.79 Å². The first-order chi connectivity index (χ1) is 10.1. The molecule has 1 atom stereocenters. The predicted octanol–water partition coefficient (Wildman–Crippen LogP) is 1.50. The molecule has 6 heteroatoms. The van der Waals surface area contributed by atoms with Gasteiger partial charge < -0.3 is 14.6 Å². The van der Waals surface area contributed by atoms with E-state index in [0.717, 1.165) is 5.56 Å². The molecule has 21 heavy (non-hydrogen) atoms. The maximum atomic E-state index is 12.2. The number of aliphatic carboxylic acids is 1. The largest absolute Gasteiger partial charge is 0.480 e. The summed E-state index contributed by atoms with van der Waals surface area (Å²) in [6, 6.07) is 8.49. The Morgan fingerprint density at radius 3 is 2.62 bits per heavy atom. The van der Waals surface area contributed by atoms with Crippen molar-refractivity contribution in [1.82, 2.24) is 4.90 Å². The summed E-state index contributed by atoms with van der Waals surface area (Å²) in [5.74, 6) is -0.990. The zero-order valence-electron chi connectivity index (χ0n) is 11.5. The van der Waals surface area contributed by atoms with Gasteiger partial charge in [0.2, 0.25) is 0 Å². The second-order valence-electron chi connectivity index (χ2n) is 5.72. The van der Waals surface area contributed by atoms with E-state index in [4.69, 9.17) is 9.47 Å². The van der Waals surface area contributed by atoms with Gasteiger partial charge in [0.25, 0.3) is 0 Å². The Morgan fingerprint density at radius 1 is 1.33 bits per heavy atom. The van der Waals surface area contributed by atoms with Crippen molar-refractivity contribution in [2.45, 2.75) is 19.1 Å². The molecule has 2 saturated heterocycles. The van der Waals surface area contributed by atoms with Crippen molar-refractivity contribution in [3.63, 3.8) is 0 Å². The van der Waals surface area contributed by atoms with Gasteiger partial charge >= 0.3 is 12.1 Å². The molecule has 3 rings (SSSR count). The molecule has 2 fully saturated rings.